The van der Waals surface area contributed by atoms with E-state index in [1.165, 1.54) is 49.8 Å². The van der Waals surface area contributed by atoms with E-state index in [2.05, 4.69) is 45.1 Å². The van der Waals surface area contributed by atoms with E-state index >= 15 is 0 Å². The fourth-order valence-corrected chi connectivity index (χ4v) is 3.18. The second kappa shape index (κ2) is 4.15. The molecule has 1 aromatic carbocycles. The molecule has 1 aromatic rings. The Morgan fingerprint density at radius 3 is 2.19 bits per heavy atom. The molecule has 2 fully saturated rings. The molecular formula is C14H18BrN. The number of rotatable bonds is 3. The van der Waals surface area contributed by atoms with Crippen LogP contribution in [0.5, 0.6) is 0 Å². The highest BCUT2D eigenvalue weighted by molar-refractivity contribution is 9.10. The molecule has 1 nitrogen and oxygen atoms in total. The lowest BCUT2D eigenvalue weighted by molar-refractivity contribution is 0.0936. The minimum absolute atomic E-state index is 0.487. The predicted molar refractivity (Wildman–Crippen MR) is 70.7 cm³/mol. The largest absolute Gasteiger partial charge is 0.302 e. The first kappa shape index (κ1) is 10.8. The molecule has 2 aliphatic rings. The minimum atomic E-state index is 0.487. The Bertz CT molecular complexity index is 363. The fourth-order valence-electron chi connectivity index (χ4n) is 2.91. The van der Waals surface area contributed by atoms with Crippen molar-refractivity contribution in [1.29, 1.82) is 0 Å². The zero-order chi connectivity index (χ0) is 11.0. The summed E-state index contributed by atoms with van der Waals surface area (Å²) in [6.07, 6.45) is 5.57. The van der Waals surface area contributed by atoms with Gasteiger partial charge in [-0.15, -0.1) is 0 Å². The summed E-state index contributed by atoms with van der Waals surface area (Å²) in [7, 11) is 0. The minimum Gasteiger partial charge on any atom is -0.302 e. The Kier molecular flexibility index (Phi) is 2.80. The topological polar surface area (TPSA) is 3.24 Å². The highest BCUT2D eigenvalue weighted by Gasteiger charge is 2.40. The van der Waals surface area contributed by atoms with Gasteiger partial charge < -0.3 is 4.90 Å². The first-order chi connectivity index (χ1) is 7.78. The van der Waals surface area contributed by atoms with Crippen molar-refractivity contribution in [2.45, 2.75) is 31.1 Å². The number of hydrogen-bond donors (Lipinski definition) is 0. The zero-order valence-corrected chi connectivity index (χ0v) is 11.2. The number of benzene rings is 1. The maximum Gasteiger partial charge on any atom is 0.0175 e. The Morgan fingerprint density at radius 1 is 1.06 bits per heavy atom. The first-order valence-corrected chi connectivity index (χ1v) is 7.06. The predicted octanol–water partition coefficient (Wildman–Crippen LogP) is 3.58. The van der Waals surface area contributed by atoms with Crippen LogP contribution in [0.3, 0.4) is 0 Å². The normalized spacial score (nSPS) is 23.6. The molecule has 3 rings (SSSR count). The van der Waals surface area contributed by atoms with E-state index in [0.717, 1.165) is 0 Å². The van der Waals surface area contributed by atoms with Gasteiger partial charge in [0.2, 0.25) is 0 Å². The summed E-state index contributed by atoms with van der Waals surface area (Å²) in [6.45, 7) is 3.92. The van der Waals surface area contributed by atoms with Gasteiger partial charge in [-0.2, -0.15) is 0 Å². The van der Waals surface area contributed by atoms with Crippen molar-refractivity contribution in [2.24, 2.45) is 0 Å². The Hall–Kier alpha value is -0.340. The summed E-state index contributed by atoms with van der Waals surface area (Å²) in [4.78, 5) is 2.61. The maximum absolute atomic E-state index is 3.52. The van der Waals surface area contributed by atoms with Gasteiger partial charge >= 0.3 is 0 Å². The van der Waals surface area contributed by atoms with E-state index in [-0.39, 0.29) is 0 Å². The standard InChI is InChI=1S/C14H18BrN/c15-13-5-3-12(4-6-13)14(7-1-8-14)11-16-9-2-10-16/h3-6H,1-2,7-11H2. The van der Waals surface area contributed by atoms with Crippen LogP contribution in [-0.2, 0) is 5.41 Å². The van der Waals surface area contributed by atoms with Crippen molar-refractivity contribution >= 4 is 15.9 Å². The van der Waals surface area contributed by atoms with Gasteiger partial charge in [0, 0.05) is 16.4 Å². The summed E-state index contributed by atoms with van der Waals surface area (Å²) in [5.41, 5.74) is 2.04. The quantitative estimate of drug-likeness (QED) is 0.818. The molecule has 16 heavy (non-hydrogen) atoms. The molecule has 1 saturated carbocycles. The van der Waals surface area contributed by atoms with Crippen LogP contribution in [0.15, 0.2) is 28.7 Å². The van der Waals surface area contributed by atoms with Crippen LogP contribution in [0.4, 0.5) is 0 Å². The summed E-state index contributed by atoms with van der Waals surface area (Å²) < 4.78 is 1.19. The third-order valence-corrected chi connectivity index (χ3v) is 4.77. The zero-order valence-electron chi connectivity index (χ0n) is 9.58. The molecule has 0 amide bonds. The SMILES string of the molecule is Brc1ccc(C2(CN3CCC3)CCC2)cc1. The molecule has 1 aliphatic heterocycles. The third kappa shape index (κ3) is 1.82. The van der Waals surface area contributed by atoms with Gasteiger partial charge in [0.05, 0.1) is 0 Å². The maximum atomic E-state index is 3.52. The van der Waals surface area contributed by atoms with Gasteiger partial charge in [-0.05, 0) is 50.0 Å². The van der Waals surface area contributed by atoms with E-state index in [0.29, 0.717) is 5.41 Å². The van der Waals surface area contributed by atoms with Crippen LogP contribution in [0.2, 0.25) is 0 Å². The second-order valence-corrected chi connectivity index (χ2v) is 6.19. The van der Waals surface area contributed by atoms with E-state index in [4.69, 9.17) is 0 Å². The smallest absolute Gasteiger partial charge is 0.0175 e. The average Bonchev–Trinajstić information content (AvgIpc) is 2.16. The molecule has 2 heteroatoms. The highest BCUT2D eigenvalue weighted by atomic mass is 79.9. The van der Waals surface area contributed by atoms with Gasteiger partial charge in [0.15, 0.2) is 0 Å². The van der Waals surface area contributed by atoms with Crippen LogP contribution in [-0.4, -0.2) is 24.5 Å². The number of likely N-dealkylation sites (tertiary alicyclic amines) is 1. The lowest BCUT2D eigenvalue weighted by Gasteiger charge is -2.48. The molecule has 0 spiro atoms. The molecular weight excluding hydrogens is 262 g/mol. The van der Waals surface area contributed by atoms with E-state index in [9.17, 15) is 0 Å². The van der Waals surface area contributed by atoms with E-state index in [1.54, 1.807) is 5.56 Å². The van der Waals surface area contributed by atoms with Gasteiger partial charge in [0.25, 0.3) is 0 Å². The number of halogens is 1. The molecule has 1 heterocycles. The number of hydrogen-bond acceptors (Lipinski definition) is 1. The monoisotopic (exact) mass is 279 g/mol. The van der Waals surface area contributed by atoms with E-state index < -0.39 is 0 Å². The molecule has 0 unspecified atom stereocenters. The molecule has 0 bridgehead atoms. The molecule has 0 radical (unpaired) electrons. The summed E-state index contributed by atoms with van der Waals surface area (Å²) >= 11 is 3.52. The van der Waals surface area contributed by atoms with Gasteiger partial charge in [-0.25, -0.2) is 0 Å². The molecule has 86 valence electrons. The van der Waals surface area contributed by atoms with Crippen LogP contribution >= 0.6 is 15.9 Å². The van der Waals surface area contributed by atoms with Crippen LogP contribution in [0.25, 0.3) is 0 Å². The summed E-state index contributed by atoms with van der Waals surface area (Å²) in [5, 5.41) is 0. The molecule has 0 aromatic heterocycles. The van der Waals surface area contributed by atoms with Crippen molar-refractivity contribution in [2.75, 3.05) is 19.6 Å². The molecule has 0 atom stereocenters. The second-order valence-electron chi connectivity index (χ2n) is 5.27. The first-order valence-electron chi connectivity index (χ1n) is 6.27. The lowest BCUT2D eigenvalue weighted by Crippen LogP contribution is -2.50. The highest BCUT2D eigenvalue weighted by Crippen LogP contribution is 2.45. The summed E-state index contributed by atoms with van der Waals surface area (Å²) in [6, 6.07) is 8.99. The number of nitrogens with zero attached hydrogens (tertiary/aromatic N) is 1. The Labute approximate surface area is 106 Å². The third-order valence-electron chi connectivity index (χ3n) is 4.24. The fraction of sp³-hybridized carbons (Fsp3) is 0.571. The van der Waals surface area contributed by atoms with Crippen molar-refractivity contribution in [1.82, 2.24) is 4.90 Å². The van der Waals surface area contributed by atoms with Crippen molar-refractivity contribution in [3.8, 4) is 0 Å². The van der Waals surface area contributed by atoms with E-state index in [1.807, 2.05) is 0 Å². The van der Waals surface area contributed by atoms with Crippen LogP contribution < -0.4 is 0 Å². The average molecular weight is 280 g/mol. The van der Waals surface area contributed by atoms with Gasteiger partial charge in [0.1, 0.15) is 0 Å². The van der Waals surface area contributed by atoms with Crippen molar-refractivity contribution < 1.29 is 0 Å². The van der Waals surface area contributed by atoms with Crippen LogP contribution in [0, 0.1) is 0 Å². The Balaban J connectivity index is 1.80. The summed E-state index contributed by atoms with van der Waals surface area (Å²) in [5.74, 6) is 0. The lowest BCUT2D eigenvalue weighted by atomic mass is 9.64. The molecule has 1 aliphatic carbocycles. The Morgan fingerprint density at radius 2 is 1.75 bits per heavy atom. The van der Waals surface area contributed by atoms with Gasteiger partial charge in [-0.3, -0.25) is 0 Å². The van der Waals surface area contributed by atoms with Gasteiger partial charge in [-0.1, -0.05) is 34.5 Å². The van der Waals surface area contributed by atoms with Crippen LogP contribution in [0.1, 0.15) is 31.2 Å². The molecule has 0 N–H and O–H groups in total. The van der Waals surface area contributed by atoms with Crippen molar-refractivity contribution in [3.05, 3.63) is 34.3 Å². The molecule has 1 saturated heterocycles. The van der Waals surface area contributed by atoms with Crippen molar-refractivity contribution in [3.63, 3.8) is 0 Å².